The zero-order valence-electron chi connectivity index (χ0n) is 15.3. The van der Waals surface area contributed by atoms with Crippen molar-refractivity contribution in [2.24, 2.45) is 0 Å². The summed E-state index contributed by atoms with van der Waals surface area (Å²) >= 11 is 0. The highest BCUT2D eigenvalue weighted by Crippen LogP contribution is 2.26. The van der Waals surface area contributed by atoms with Crippen LogP contribution in [-0.2, 0) is 16.4 Å². The van der Waals surface area contributed by atoms with E-state index in [1.54, 1.807) is 18.2 Å². The van der Waals surface area contributed by atoms with Crippen LogP contribution in [0.15, 0.2) is 76.7 Å². The van der Waals surface area contributed by atoms with Gasteiger partial charge in [0.1, 0.15) is 10.7 Å². The fourth-order valence-electron chi connectivity index (χ4n) is 2.71. The molecule has 7 heteroatoms. The van der Waals surface area contributed by atoms with Crippen molar-refractivity contribution in [1.82, 2.24) is 9.97 Å². The maximum Gasteiger partial charge on any atom is 0.227 e. The SMILES string of the molecule is CC(C)N(Cc1ccccc1)c1ncc(S(=O)(=O)c2ccccc2)c(N)n1. The van der Waals surface area contributed by atoms with Crippen molar-refractivity contribution in [3.05, 3.63) is 72.4 Å². The molecule has 0 fully saturated rings. The average Bonchev–Trinajstić information content (AvgIpc) is 2.67. The summed E-state index contributed by atoms with van der Waals surface area (Å²) in [5.74, 6) is 0.348. The van der Waals surface area contributed by atoms with Crippen molar-refractivity contribution in [2.75, 3.05) is 10.6 Å². The molecule has 2 aromatic carbocycles. The van der Waals surface area contributed by atoms with E-state index in [4.69, 9.17) is 5.73 Å². The van der Waals surface area contributed by atoms with Gasteiger partial charge in [-0.25, -0.2) is 13.4 Å². The molecule has 3 aromatic rings. The van der Waals surface area contributed by atoms with Crippen LogP contribution in [-0.4, -0.2) is 24.4 Å². The second-order valence-corrected chi connectivity index (χ2v) is 8.36. The van der Waals surface area contributed by atoms with Gasteiger partial charge in [0.05, 0.1) is 11.1 Å². The zero-order chi connectivity index (χ0) is 19.4. The lowest BCUT2D eigenvalue weighted by Crippen LogP contribution is -2.32. The molecule has 6 nitrogen and oxygen atoms in total. The Hall–Kier alpha value is -2.93. The molecule has 1 aromatic heterocycles. The summed E-state index contributed by atoms with van der Waals surface area (Å²) in [6.45, 7) is 4.65. The molecular formula is C20H22N4O2S. The second-order valence-electron chi connectivity index (χ2n) is 6.44. The van der Waals surface area contributed by atoms with Gasteiger partial charge in [-0.2, -0.15) is 4.98 Å². The highest BCUT2D eigenvalue weighted by molar-refractivity contribution is 7.91. The van der Waals surface area contributed by atoms with Crippen molar-refractivity contribution in [3.63, 3.8) is 0 Å². The summed E-state index contributed by atoms with van der Waals surface area (Å²) in [5, 5.41) is 0. The van der Waals surface area contributed by atoms with Crippen molar-refractivity contribution >= 4 is 21.6 Å². The molecule has 0 atom stereocenters. The number of nitrogens with two attached hydrogens (primary N) is 1. The van der Waals surface area contributed by atoms with Gasteiger partial charge in [0.15, 0.2) is 0 Å². The number of sulfone groups is 1. The van der Waals surface area contributed by atoms with Crippen LogP contribution in [0.2, 0.25) is 0 Å². The lowest BCUT2D eigenvalue weighted by molar-refractivity contribution is 0.595. The summed E-state index contributed by atoms with van der Waals surface area (Å²) in [4.78, 5) is 10.7. The molecule has 0 saturated carbocycles. The van der Waals surface area contributed by atoms with E-state index in [1.165, 1.54) is 18.3 Å². The molecule has 2 N–H and O–H groups in total. The number of nitrogen functional groups attached to an aromatic ring is 1. The number of hydrogen-bond acceptors (Lipinski definition) is 6. The van der Waals surface area contributed by atoms with Crippen LogP contribution in [0.25, 0.3) is 0 Å². The Bertz CT molecular complexity index is 1010. The highest BCUT2D eigenvalue weighted by Gasteiger charge is 2.24. The molecule has 3 rings (SSSR count). The summed E-state index contributed by atoms with van der Waals surface area (Å²) < 4.78 is 25.6. The second kappa shape index (κ2) is 7.75. The van der Waals surface area contributed by atoms with E-state index in [-0.39, 0.29) is 21.7 Å². The van der Waals surface area contributed by atoms with E-state index in [0.29, 0.717) is 12.5 Å². The van der Waals surface area contributed by atoms with E-state index < -0.39 is 9.84 Å². The quantitative estimate of drug-likeness (QED) is 0.703. The fourth-order valence-corrected chi connectivity index (χ4v) is 3.99. The molecular weight excluding hydrogens is 360 g/mol. The lowest BCUT2D eigenvalue weighted by atomic mass is 10.2. The molecule has 0 aliphatic carbocycles. The Morgan fingerprint density at radius 1 is 1.00 bits per heavy atom. The molecule has 0 aliphatic heterocycles. The lowest BCUT2D eigenvalue weighted by Gasteiger charge is -2.27. The van der Waals surface area contributed by atoms with E-state index in [1.807, 2.05) is 49.1 Å². The van der Waals surface area contributed by atoms with E-state index >= 15 is 0 Å². The van der Waals surface area contributed by atoms with Gasteiger partial charge in [-0.1, -0.05) is 48.5 Å². The van der Waals surface area contributed by atoms with Crippen LogP contribution >= 0.6 is 0 Å². The standard InChI is InChI=1S/C20H22N4O2S/c1-15(2)24(14-16-9-5-3-6-10-16)20-22-13-18(19(21)23-20)27(25,26)17-11-7-4-8-12-17/h3-13,15H,14H2,1-2H3,(H2,21,22,23). The number of aromatic nitrogens is 2. The van der Waals surface area contributed by atoms with Gasteiger partial charge in [-0.15, -0.1) is 0 Å². The number of hydrogen-bond donors (Lipinski definition) is 1. The normalized spacial score (nSPS) is 11.5. The van der Waals surface area contributed by atoms with Crippen molar-refractivity contribution in [1.29, 1.82) is 0 Å². The molecule has 0 unspecified atom stereocenters. The first kappa shape index (κ1) is 18.8. The monoisotopic (exact) mass is 382 g/mol. The van der Waals surface area contributed by atoms with Gasteiger partial charge in [0.2, 0.25) is 15.8 Å². The summed E-state index contributed by atoms with van der Waals surface area (Å²) in [7, 11) is -3.76. The minimum atomic E-state index is -3.76. The first-order valence-corrected chi connectivity index (χ1v) is 10.1. The Kier molecular flexibility index (Phi) is 5.41. The fraction of sp³-hybridized carbons (Fsp3) is 0.200. The van der Waals surface area contributed by atoms with Gasteiger partial charge in [-0.05, 0) is 31.5 Å². The third kappa shape index (κ3) is 4.09. The summed E-state index contributed by atoms with van der Waals surface area (Å²) in [5.41, 5.74) is 7.13. The number of rotatable bonds is 6. The topological polar surface area (TPSA) is 89.2 Å². The molecule has 140 valence electrons. The van der Waals surface area contributed by atoms with Gasteiger partial charge < -0.3 is 10.6 Å². The summed E-state index contributed by atoms with van der Waals surface area (Å²) in [6.07, 6.45) is 1.29. The predicted molar refractivity (Wildman–Crippen MR) is 106 cm³/mol. The van der Waals surface area contributed by atoms with Gasteiger partial charge in [0, 0.05) is 12.6 Å². The Labute approximate surface area is 159 Å². The van der Waals surface area contributed by atoms with Crippen LogP contribution < -0.4 is 10.6 Å². The zero-order valence-corrected chi connectivity index (χ0v) is 16.1. The Morgan fingerprint density at radius 3 is 2.15 bits per heavy atom. The van der Waals surface area contributed by atoms with Gasteiger partial charge in [-0.3, -0.25) is 0 Å². The Balaban J connectivity index is 1.95. The minimum absolute atomic E-state index is 0.0532. The largest absolute Gasteiger partial charge is 0.382 e. The van der Waals surface area contributed by atoms with Crippen LogP contribution in [0.1, 0.15) is 19.4 Å². The third-order valence-electron chi connectivity index (χ3n) is 4.19. The first-order valence-electron chi connectivity index (χ1n) is 8.63. The van der Waals surface area contributed by atoms with Crippen LogP contribution in [0.5, 0.6) is 0 Å². The molecule has 0 bridgehead atoms. The Morgan fingerprint density at radius 2 is 1.59 bits per heavy atom. The molecule has 0 saturated heterocycles. The molecule has 27 heavy (non-hydrogen) atoms. The minimum Gasteiger partial charge on any atom is -0.382 e. The van der Waals surface area contributed by atoms with E-state index in [2.05, 4.69) is 9.97 Å². The molecule has 0 amide bonds. The predicted octanol–water partition coefficient (Wildman–Crippen LogP) is 3.31. The van der Waals surface area contributed by atoms with Gasteiger partial charge in [0.25, 0.3) is 0 Å². The van der Waals surface area contributed by atoms with Crippen molar-refractivity contribution in [3.8, 4) is 0 Å². The van der Waals surface area contributed by atoms with Crippen LogP contribution in [0, 0.1) is 0 Å². The van der Waals surface area contributed by atoms with Gasteiger partial charge >= 0.3 is 0 Å². The van der Waals surface area contributed by atoms with Crippen LogP contribution in [0.3, 0.4) is 0 Å². The van der Waals surface area contributed by atoms with E-state index in [0.717, 1.165) is 5.56 Å². The molecule has 0 radical (unpaired) electrons. The first-order chi connectivity index (χ1) is 12.9. The third-order valence-corrected chi connectivity index (χ3v) is 5.98. The van der Waals surface area contributed by atoms with Crippen molar-refractivity contribution < 1.29 is 8.42 Å². The molecule has 0 spiro atoms. The maximum absolute atomic E-state index is 12.8. The number of benzene rings is 2. The van der Waals surface area contributed by atoms with E-state index in [9.17, 15) is 8.42 Å². The highest BCUT2D eigenvalue weighted by atomic mass is 32.2. The smallest absolute Gasteiger partial charge is 0.227 e. The summed E-state index contributed by atoms with van der Waals surface area (Å²) in [6, 6.07) is 18.2. The average molecular weight is 382 g/mol. The van der Waals surface area contributed by atoms with Crippen LogP contribution in [0.4, 0.5) is 11.8 Å². The van der Waals surface area contributed by atoms with Crippen molar-refractivity contribution in [2.45, 2.75) is 36.2 Å². The number of anilines is 2. The number of nitrogens with zero attached hydrogens (tertiary/aromatic N) is 3. The molecule has 0 aliphatic rings. The maximum atomic E-state index is 12.8. The molecule has 1 heterocycles.